The van der Waals surface area contributed by atoms with Gasteiger partial charge in [0.05, 0.1) is 0 Å². The molecular formula is C15H26N2S. The van der Waals surface area contributed by atoms with Crippen molar-refractivity contribution in [3.8, 4) is 0 Å². The van der Waals surface area contributed by atoms with Gasteiger partial charge in [0.1, 0.15) is 5.82 Å². The van der Waals surface area contributed by atoms with Gasteiger partial charge in [0.25, 0.3) is 0 Å². The molecule has 1 atom stereocenters. The van der Waals surface area contributed by atoms with Gasteiger partial charge >= 0.3 is 0 Å². The molecule has 0 aliphatic heterocycles. The standard InChI is InChI=1S/C15H26N2S/c1-6-18-10-9-12(2)17-14-8-7-13(11-16-14)15(3,4)5/h7-8,11-12H,6,9-10H2,1-5H3,(H,16,17). The van der Waals surface area contributed by atoms with E-state index in [9.17, 15) is 0 Å². The Morgan fingerprint density at radius 3 is 2.56 bits per heavy atom. The van der Waals surface area contributed by atoms with E-state index in [0.29, 0.717) is 6.04 Å². The zero-order chi connectivity index (χ0) is 13.6. The summed E-state index contributed by atoms with van der Waals surface area (Å²) in [6.07, 6.45) is 3.16. The first-order valence-corrected chi connectivity index (χ1v) is 7.89. The molecule has 1 aromatic rings. The van der Waals surface area contributed by atoms with Crippen LogP contribution in [0.5, 0.6) is 0 Å². The average molecular weight is 266 g/mol. The van der Waals surface area contributed by atoms with Crippen LogP contribution in [0, 0.1) is 0 Å². The van der Waals surface area contributed by atoms with E-state index >= 15 is 0 Å². The lowest BCUT2D eigenvalue weighted by molar-refractivity contribution is 0.587. The predicted molar refractivity (Wildman–Crippen MR) is 83.6 cm³/mol. The third kappa shape index (κ3) is 5.30. The summed E-state index contributed by atoms with van der Waals surface area (Å²) < 4.78 is 0. The number of thioether (sulfide) groups is 1. The van der Waals surface area contributed by atoms with E-state index in [4.69, 9.17) is 0 Å². The SMILES string of the molecule is CCSCCC(C)Nc1ccc(C(C)(C)C)cn1. The number of pyridine rings is 1. The Hall–Kier alpha value is -0.700. The number of hydrogen-bond donors (Lipinski definition) is 1. The van der Waals surface area contributed by atoms with Gasteiger partial charge in [0.2, 0.25) is 0 Å². The van der Waals surface area contributed by atoms with Crippen molar-refractivity contribution in [3.05, 3.63) is 23.9 Å². The maximum absolute atomic E-state index is 4.50. The molecule has 102 valence electrons. The Morgan fingerprint density at radius 1 is 1.33 bits per heavy atom. The molecule has 0 aliphatic rings. The molecule has 1 rings (SSSR count). The highest BCUT2D eigenvalue weighted by Gasteiger charge is 2.13. The van der Waals surface area contributed by atoms with Gasteiger partial charge in [-0.15, -0.1) is 0 Å². The molecule has 0 aliphatic carbocycles. The first kappa shape index (κ1) is 15.4. The van der Waals surface area contributed by atoms with Crippen molar-refractivity contribution in [2.75, 3.05) is 16.8 Å². The highest BCUT2D eigenvalue weighted by Crippen LogP contribution is 2.22. The van der Waals surface area contributed by atoms with Crippen molar-refractivity contribution < 1.29 is 0 Å². The summed E-state index contributed by atoms with van der Waals surface area (Å²) in [5.74, 6) is 3.40. The highest BCUT2D eigenvalue weighted by atomic mass is 32.2. The van der Waals surface area contributed by atoms with Crippen LogP contribution in [0.15, 0.2) is 18.3 Å². The Bertz CT molecular complexity index is 341. The van der Waals surface area contributed by atoms with Crippen LogP contribution in [0.2, 0.25) is 0 Å². The Balaban J connectivity index is 2.48. The maximum Gasteiger partial charge on any atom is 0.126 e. The van der Waals surface area contributed by atoms with Crippen LogP contribution < -0.4 is 5.32 Å². The van der Waals surface area contributed by atoms with E-state index in [0.717, 1.165) is 5.82 Å². The van der Waals surface area contributed by atoms with Crippen molar-refractivity contribution in [3.63, 3.8) is 0 Å². The van der Waals surface area contributed by atoms with E-state index in [1.165, 1.54) is 23.5 Å². The van der Waals surface area contributed by atoms with Crippen molar-refractivity contribution in [2.24, 2.45) is 0 Å². The monoisotopic (exact) mass is 266 g/mol. The van der Waals surface area contributed by atoms with Crippen molar-refractivity contribution in [1.82, 2.24) is 4.98 Å². The summed E-state index contributed by atoms with van der Waals surface area (Å²) in [6.45, 7) is 11.1. The molecule has 1 heterocycles. The molecule has 0 fully saturated rings. The number of nitrogens with zero attached hydrogens (tertiary/aromatic N) is 1. The molecule has 0 amide bonds. The third-order valence-corrected chi connectivity index (χ3v) is 3.86. The molecule has 1 aromatic heterocycles. The van der Waals surface area contributed by atoms with Crippen LogP contribution in [-0.4, -0.2) is 22.5 Å². The second-order valence-corrected chi connectivity index (χ2v) is 7.11. The number of aromatic nitrogens is 1. The quantitative estimate of drug-likeness (QED) is 0.776. The molecule has 0 radical (unpaired) electrons. The fourth-order valence-corrected chi connectivity index (χ4v) is 2.46. The maximum atomic E-state index is 4.50. The van der Waals surface area contributed by atoms with E-state index in [1.54, 1.807) is 0 Å². The Morgan fingerprint density at radius 2 is 2.06 bits per heavy atom. The van der Waals surface area contributed by atoms with E-state index in [1.807, 2.05) is 18.0 Å². The van der Waals surface area contributed by atoms with Gasteiger partial charge in [-0.2, -0.15) is 11.8 Å². The van der Waals surface area contributed by atoms with Gasteiger partial charge in [0, 0.05) is 12.2 Å². The summed E-state index contributed by atoms with van der Waals surface area (Å²) in [5.41, 5.74) is 1.46. The molecule has 1 N–H and O–H groups in total. The van der Waals surface area contributed by atoms with Crippen molar-refractivity contribution in [1.29, 1.82) is 0 Å². The predicted octanol–water partition coefficient (Wildman–Crippen LogP) is 4.32. The molecule has 0 aromatic carbocycles. The van der Waals surface area contributed by atoms with E-state index < -0.39 is 0 Å². The first-order valence-electron chi connectivity index (χ1n) is 6.74. The average Bonchev–Trinajstić information content (AvgIpc) is 2.29. The highest BCUT2D eigenvalue weighted by molar-refractivity contribution is 7.99. The molecule has 0 saturated heterocycles. The summed E-state index contributed by atoms with van der Waals surface area (Å²) in [7, 11) is 0. The van der Waals surface area contributed by atoms with Crippen LogP contribution in [0.3, 0.4) is 0 Å². The van der Waals surface area contributed by atoms with Gasteiger partial charge < -0.3 is 5.32 Å². The minimum Gasteiger partial charge on any atom is -0.368 e. The Kier molecular flexibility index (Phi) is 6.00. The van der Waals surface area contributed by atoms with Gasteiger partial charge in [-0.1, -0.05) is 33.8 Å². The molecule has 18 heavy (non-hydrogen) atoms. The lowest BCUT2D eigenvalue weighted by atomic mass is 9.88. The summed E-state index contributed by atoms with van der Waals surface area (Å²) in [5, 5.41) is 3.45. The fourth-order valence-electron chi connectivity index (χ4n) is 1.65. The summed E-state index contributed by atoms with van der Waals surface area (Å²) >= 11 is 1.99. The normalized spacial score (nSPS) is 13.4. The topological polar surface area (TPSA) is 24.9 Å². The number of anilines is 1. The zero-order valence-electron chi connectivity index (χ0n) is 12.3. The van der Waals surface area contributed by atoms with Crippen LogP contribution >= 0.6 is 11.8 Å². The largest absolute Gasteiger partial charge is 0.368 e. The lowest BCUT2D eigenvalue weighted by Gasteiger charge is -2.19. The second-order valence-electron chi connectivity index (χ2n) is 5.71. The second kappa shape index (κ2) is 7.03. The van der Waals surface area contributed by atoms with Crippen molar-refractivity contribution in [2.45, 2.75) is 52.5 Å². The molecule has 3 heteroatoms. The third-order valence-electron chi connectivity index (χ3n) is 2.92. The van der Waals surface area contributed by atoms with Crippen LogP contribution in [0.1, 0.15) is 46.6 Å². The minimum atomic E-state index is 0.176. The Labute approximate surface area is 116 Å². The first-order chi connectivity index (χ1) is 8.43. The molecule has 0 saturated carbocycles. The van der Waals surface area contributed by atoms with E-state index in [2.05, 4.69) is 57.1 Å². The van der Waals surface area contributed by atoms with Crippen LogP contribution in [-0.2, 0) is 5.41 Å². The van der Waals surface area contributed by atoms with Crippen LogP contribution in [0.4, 0.5) is 5.82 Å². The summed E-state index contributed by atoms with van der Waals surface area (Å²) in [4.78, 5) is 4.50. The molecular weight excluding hydrogens is 240 g/mol. The summed E-state index contributed by atoms with van der Waals surface area (Å²) in [6, 6.07) is 4.74. The van der Waals surface area contributed by atoms with Gasteiger partial charge in [-0.3, -0.25) is 0 Å². The number of rotatable bonds is 6. The van der Waals surface area contributed by atoms with Gasteiger partial charge in [-0.05, 0) is 41.9 Å². The minimum absolute atomic E-state index is 0.176. The van der Waals surface area contributed by atoms with Crippen LogP contribution in [0.25, 0.3) is 0 Å². The molecule has 0 bridgehead atoms. The van der Waals surface area contributed by atoms with E-state index in [-0.39, 0.29) is 5.41 Å². The molecule has 1 unspecified atom stereocenters. The fraction of sp³-hybridized carbons (Fsp3) is 0.667. The molecule has 2 nitrogen and oxygen atoms in total. The van der Waals surface area contributed by atoms with Crippen molar-refractivity contribution >= 4 is 17.6 Å². The smallest absolute Gasteiger partial charge is 0.126 e. The molecule has 0 spiro atoms. The van der Waals surface area contributed by atoms with Gasteiger partial charge in [0.15, 0.2) is 0 Å². The number of nitrogens with one attached hydrogen (secondary N) is 1. The number of hydrogen-bond acceptors (Lipinski definition) is 3. The van der Waals surface area contributed by atoms with Gasteiger partial charge in [-0.25, -0.2) is 4.98 Å². The zero-order valence-corrected chi connectivity index (χ0v) is 13.1. The lowest BCUT2D eigenvalue weighted by Crippen LogP contribution is -2.17.